The van der Waals surface area contributed by atoms with E-state index < -0.39 is 0 Å². The summed E-state index contributed by atoms with van der Waals surface area (Å²) in [6.45, 7) is 0. The van der Waals surface area contributed by atoms with Gasteiger partial charge in [-0.05, 0) is 31.4 Å². The van der Waals surface area contributed by atoms with Crippen LogP contribution in [0.15, 0.2) is 0 Å². The van der Waals surface area contributed by atoms with Crippen molar-refractivity contribution >= 4 is 11.8 Å². The van der Waals surface area contributed by atoms with Gasteiger partial charge >= 0.3 is 0 Å². The van der Waals surface area contributed by atoms with Crippen molar-refractivity contribution in [3.63, 3.8) is 0 Å². The molecule has 0 saturated carbocycles. The Labute approximate surface area is 117 Å². The van der Waals surface area contributed by atoms with Gasteiger partial charge in [0.15, 0.2) is 0 Å². The number of aliphatic hydroxyl groups excluding tert-OH is 2. The van der Waals surface area contributed by atoms with Crippen molar-refractivity contribution in [3.8, 4) is 0 Å². The van der Waals surface area contributed by atoms with Crippen LogP contribution in [0.25, 0.3) is 0 Å². The first-order valence-electron chi connectivity index (χ1n) is 7.73. The lowest BCUT2D eigenvalue weighted by Gasteiger charge is -2.12. The second-order valence-corrected chi connectivity index (χ2v) is 6.73. The molecule has 1 rings (SSSR count). The van der Waals surface area contributed by atoms with E-state index >= 15 is 0 Å². The van der Waals surface area contributed by atoms with Crippen molar-refractivity contribution in [3.05, 3.63) is 0 Å². The van der Waals surface area contributed by atoms with E-state index in [1.807, 2.05) is 11.8 Å². The van der Waals surface area contributed by atoms with Gasteiger partial charge in [0.05, 0.1) is 12.2 Å². The molecule has 0 aromatic heterocycles. The summed E-state index contributed by atoms with van der Waals surface area (Å²) in [5.41, 5.74) is 0. The molecule has 108 valence electrons. The molecular weight excluding hydrogens is 244 g/mol. The predicted molar refractivity (Wildman–Crippen MR) is 80.1 cm³/mol. The minimum Gasteiger partial charge on any atom is -0.393 e. The average Bonchev–Trinajstić information content (AvgIpc) is 2.35. The Morgan fingerprint density at radius 3 is 1.78 bits per heavy atom. The zero-order chi connectivity index (χ0) is 13.1. The van der Waals surface area contributed by atoms with Gasteiger partial charge in [-0.2, -0.15) is 11.8 Å². The maximum atomic E-state index is 9.82. The van der Waals surface area contributed by atoms with Crippen molar-refractivity contribution in [2.45, 2.75) is 82.8 Å². The van der Waals surface area contributed by atoms with Crippen LogP contribution < -0.4 is 0 Å². The van der Waals surface area contributed by atoms with Crippen molar-refractivity contribution in [1.82, 2.24) is 0 Å². The summed E-state index contributed by atoms with van der Waals surface area (Å²) < 4.78 is 0. The van der Waals surface area contributed by atoms with Crippen molar-refractivity contribution in [2.24, 2.45) is 0 Å². The number of hydrogen-bond donors (Lipinski definition) is 2. The number of rotatable bonds is 0. The molecule has 0 spiro atoms. The highest BCUT2D eigenvalue weighted by atomic mass is 32.2. The van der Waals surface area contributed by atoms with E-state index in [9.17, 15) is 10.2 Å². The van der Waals surface area contributed by atoms with Gasteiger partial charge in [-0.1, -0.05) is 44.9 Å². The van der Waals surface area contributed by atoms with Crippen LogP contribution >= 0.6 is 11.8 Å². The molecule has 1 aliphatic heterocycles. The Morgan fingerprint density at radius 1 is 0.611 bits per heavy atom. The molecule has 0 aromatic rings. The van der Waals surface area contributed by atoms with Gasteiger partial charge in [0, 0.05) is 5.75 Å². The Balaban J connectivity index is 2.17. The molecule has 0 aliphatic carbocycles. The van der Waals surface area contributed by atoms with Crippen LogP contribution in [0.1, 0.15) is 70.6 Å². The average molecular weight is 274 g/mol. The fourth-order valence-electron chi connectivity index (χ4n) is 2.50. The molecule has 1 aliphatic rings. The van der Waals surface area contributed by atoms with Gasteiger partial charge in [-0.15, -0.1) is 0 Å². The zero-order valence-corrected chi connectivity index (χ0v) is 12.5. The number of aliphatic hydroxyl groups is 2. The van der Waals surface area contributed by atoms with E-state index in [-0.39, 0.29) is 12.2 Å². The molecule has 2 atom stereocenters. The van der Waals surface area contributed by atoms with E-state index in [2.05, 4.69) is 0 Å². The predicted octanol–water partition coefficient (Wildman–Crippen LogP) is 3.75. The van der Waals surface area contributed by atoms with Gasteiger partial charge in [0.25, 0.3) is 0 Å². The molecule has 3 heteroatoms. The van der Waals surface area contributed by atoms with Gasteiger partial charge in [-0.3, -0.25) is 0 Å². The molecule has 0 radical (unpaired) electrons. The molecule has 0 amide bonds. The molecule has 2 unspecified atom stereocenters. The quantitative estimate of drug-likeness (QED) is 0.707. The van der Waals surface area contributed by atoms with Gasteiger partial charge in [0.1, 0.15) is 0 Å². The molecule has 1 fully saturated rings. The van der Waals surface area contributed by atoms with Crippen molar-refractivity contribution in [2.75, 3.05) is 11.5 Å². The largest absolute Gasteiger partial charge is 0.393 e. The molecule has 1 saturated heterocycles. The maximum absolute atomic E-state index is 9.82. The Hall–Kier alpha value is 0.270. The first-order chi connectivity index (χ1) is 8.79. The van der Waals surface area contributed by atoms with E-state index in [4.69, 9.17) is 0 Å². The van der Waals surface area contributed by atoms with E-state index in [0.29, 0.717) is 0 Å². The van der Waals surface area contributed by atoms with E-state index in [0.717, 1.165) is 43.6 Å². The molecule has 18 heavy (non-hydrogen) atoms. The molecule has 2 nitrogen and oxygen atoms in total. The molecular formula is C15H30O2S. The second kappa shape index (κ2) is 11.1. The van der Waals surface area contributed by atoms with Gasteiger partial charge in [0.2, 0.25) is 0 Å². The first kappa shape index (κ1) is 16.3. The summed E-state index contributed by atoms with van der Waals surface area (Å²) >= 11 is 1.89. The smallest absolute Gasteiger partial charge is 0.0630 e. The third kappa shape index (κ3) is 9.23. The van der Waals surface area contributed by atoms with Gasteiger partial charge in [-0.25, -0.2) is 0 Å². The third-order valence-electron chi connectivity index (χ3n) is 3.71. The van der Waals surface area contributed by atoms with Crippen LogP contribution in [0, 0.1) is 0 Å². The first-order valence-corrected chi connectivity index (χ1v) is 8.88. The minimum absolute atomic E-state index is 0.0626. The lowest BCUT2D eigenvalue weighted by molar-refractivity contribution is 0.147. The summed E-state index contributed by atoms with van der Waals surface area (Å²) in [7, 11) is 0. The number of thioether (sulfide) groups is 1. The van der Waals surface area contributed by atoms with Crippen LogP contribution in [0.2, 0.25) is 0 Å². The highest BCUT2D eigenvalue weighted by Gasteiger charge is 2.06. The highest BCUT2D eigenvalue weighted by molar-refractivity contribution is 7.99. The lowest BCUT2D eigenvalue weighted by atomic mass is 10.0. The normalized spacial score (nSPS) is 31.0. The van der Waals surface area contributed by atoms with Crippen LogP contribution in [0.3, 0.4) is 0 Å². The highest BCUT2D eigenvalue weighted by Crippen LogP contribution is 2.16. The van der Waals surface area contributed by atoms with E-state index in [1.165, 1.54) is 38.5 Å². The Bertz CT molecular complexity index is 151. The third-order valence-corrected chi connectivity index (χ3v) is 4.91. The summed E-state index contributed by atoms with van der Waals surface area (Å²) in [6, 6.07) is 0. The zero-order valence-electron chi connectivity index (χ0n) is 11.6. The second-order valence-electron chi connectivity index (χ2n) is 5.58. The van der Waals surface area contributed by atoms with E-state index in [1.54, 1.807) is 0 Å². The summed E-state index contributed by atoms with van der Waals surface area (Å²) in [5, 5.41) is 19.6. The van der Waals surface area contributed by atoms with Crippen molar-refractivity contribution in [1.29, 1.82) is 0 Å². The van der Waals surface area contributed by atoms with Crippen LogP contribution in [0.5, 0.6) is 0 Å². The fourth-order valence-corrected chi connectivity index (χ4v) is 3.51. The molecule has 0 bridgehead atoms. The Morgan fingerprint density at radius 2 is 1.11 bits per heavy atom. The molecule has 0 aromatic carbocycles. The van der Waals surface area contributed by atoms with Crippen molar-refractivity contribution < 1.29 is 10.2 Å². The Kier molecular flexibility index (Phi) is 10.1. The van der Waals surface area contributed by atoms with Crippen LogP contribution in [-0.4, -0.2) is 33.9 Å². The monoisotopic (exact) mass is 274 g/mol. The summed E-state index contributed by atoms with van der Waals surface area (Å²) in [5.74, 6) is 2.07. The minimum atomic E-state index is -0.0928. The maximum Gasteiger partial charge on any atom is 0.0630 e. The topological polar surface area (TPSA) is 40.5 Å². The SMILES string of the molecule is OC1CCCCCCCC(O)CSCCCCC1. The summed E-state index contributed by atoms with van der Waals surface area (Å²) in [6.07, 6.45) is 12.4. The summed E-state index contributed by atoms with van der Waals surface area (Å²) in [4.78, 5) is 0. The van der Waals surface area contributed by atoms with Gasteiger partial charge < -0.3 is 10.2 Å². The fraction of sp³-hybridized carbons (Fsp3) is 1.00. The standard InChI is InChI=1S/C15H30O2S/c16-14-9-5-2-1-3-6-11-15(17)13-18-12-8-4-7-10-14/h14-17H,1-13H2. The molecule has 1 heterocycles. The van der Waals surface area contributed by atoms with Crippen LogP contribution in [0.4, 0.5) is 0 Å². The lowest BCUT2D eigenvalue weighted by Crippen LogP contribution is -2.10. The van der Waals surface area contributed by atoms with Crippen LogP contribution in [-0.2, 0) is 0 Å². The number of hydrogen-bond acceptors (Lipinski definition) is 3. The molecule has 2 N–H and O–H groups in total.